The van der Waals surface area contributed by atoms with Crippen molar-refractivity contribution in [2.45, 2.75) is 53.1 Å². The molecule has 7 nitrogen and oxygen atoms in total. The molecule has 0 saturated carbocycles. The van der Waals surface area contributed by atoms with Crippen LogP contribution in [0.3, 0.4) is 0 Å². The fraction of sp³-hybridized carbons (Fsp3) is 0.375. The molecule has 4 rings (SSSR count). The van der Waals surface area contributed by atoms with Crippen LogP contribution >= 0.6 is 0 Å². The number of nitrogens with zero attached hydrogens (tertiary/aromatic N) is 1. The van der Waals surface area contributed by atoms with Crippen molar-refractivity contribution in [2.75, 3.05) is 6.79 Å². The third-order valence-corrected chi connectivity index (χ3v) is 6.14. The number of rotatable bonds is 5. The molecule has 0 radical (unpaired) electrons. The number of Topliss-reactive ketones (excluding diaryl/α,β-unsaturated/α-hetero) is 1. The van der Waals surface area contributed by atoms with Crippen molar-refractivity contribution in [3.8, 4) is 11.5 Å². The zero-order valence-corrected chi connectivity index (χ0v) is 18.4. The van der Waals surface area contributed by atoms with E-state index in [1.165, 1.54) is 11.8 Å². The minimum atomic E-state index is -1.07. The Bertz CT molecular complexity index is 1120. The Morgan fingerprint density at radius 3 is 2.52 bits per heavy atom. The molecular weight excluding hydrogens is 396 g/mol. The lowest BCUT2D eigenvalue weighted by molar-refractivity contribution is -0.131. The highest BCUT2D eigenvalue weighted by Gasteiger charge is 2.48. The summed E-state index contributed by atoms with van der Waals surface area (Å²) in [5, 5.41) is 2.85. The van der Waals surface area contributed by atoms with Crippen LogP contribution in [-0.2, 0) is 17.8 Å². The molecule has 3 amide bonds. The van der Waals surface area contributed by atoms with Gasteiger partial charge >= 0.3 is 6.03 Å². The second-order valence-corrected chi connectivity index (χ2v) is 8.56. The molecular formula is C24H26N2O5. The van der Waals surface area contributed by atoms with Gasteiger partial charge in [0.2, 0.25) is 6.79 Å². The Kier molecular flexibility index (Phi) is 5.00. The first kappa shape index (κ1) is 20.9. The second kappa shape index (κ2) is 7.41. The Morgan fingerprint density at radius 2 is 1.81 bits per heavy atom. The van der Waals surface area contributed by atoms with Crippen LogP contribution in [0.1, 0.15) is 52.0 Å². The highest BCUT2D eigenvalue weighted by molar-refractivity contribution is 6.07. The topological polar surface area (TPSA) is 84.9 Å². The van der Waals surface area contributed by atoms with Crippen LogP contribution in [0, 0.1) is 20.8 Å². The number of carbonyl (C=O) groups excluding carboxylic acids is 3. The Morgan fingerprint density at radius 1 is 1.10 bits per heavy atom. The van der Waals surface area contributed by atoms with Gasteiger partial charge < -0.3 is 14.8 Å². The Labute approximate surface area is 181 Å². The fourth-order valence-electron chi connectivity index (χ4n) is 4.64. The molecule has 2 aromatic carbocycles. The normalized spacial score (nSPS) is 19.7. The summed E-state index contributed by atoms with van der Waals surface area (Å²) in [4.78, 5) is 39.4. The Balaban J connectivity index is 1.60. The predicted octanol–water partition coefficient (Wildman–Crippen LogP) is 3.60. The lowest BCUT2D eigenvalue weighted by Gasteiger charge is -2.23. The zero-order chi connectivity index (χ0) is 22.5. The Hall–Kier alpha value is -3.35. The quantitative estimate of drug-likeness (QED) is 0.588. The summed E-state index contributed by atoms with van der Waals surface area (Å²) in [6, 6.07) is 7.01. The van der Waals surface area contributed by atoms with Gasteiger partial charge in [0.25, 0.3) is 5.91 Å². The van der Waals surface area contributed by atoms with Crippen LogP contribution in [-0.4, -0.2) is 35.0 Å². The molecule has 1 N–H and O–H groups in total. The minimum absolute atomic E-state index is 0.0268. The number of fused-ring (bicyclic) bond motifs is 1. The van der Waals surface area contributed by atoms with Crippen molar-refractivity contribution in [3.63, 3.8) is 0 Å². The molecule has 1 saturated heterocycles. The van der Waals surface area contributed by atoms with Gasteiger partial charge in [-0.1, -0.05) is 12.1 Å². The van der Waals surface area contributed by atoms with E-state index in [4.69, 9.17) is 9.47 Å². The van der Waals surface area contributed by atoms with E-state index in [1.807, 2.05) is 45.0 Å². The molecule has 0 bridgehead atoms. The molecule has 2 aliphatic heterocycles. The molecule has 1 atom stereocenters. The molecule has 162 valence electrons. The molecule has 0 unspecified atom stereocenters. The maximum atomic E-state index is 13.3. The number of ketones is 1. The smallest absolute Gasteiger partial charge is 0.325 e. The molecule has 2 heterocycles. The first-order valence-electron chi connectivity index (χ1n) is 10.2. The lowest BCUT2D eigenvalue weighted by atomic mass is 9.90. The second-order valence-electron chi connectivity index (χ2n) is 8.56. The molecule has 0 aliphatic carbocycles. The molecule has 7 heteroatoms. The number of urea groups is 1. The van der Waals surface area contributed by atoms with Crippen molar-refractivity contribution >= 4 is 17.7 Å². The predicted molar refractivity (Wildman–Crippen MR) is 114 cm³/mol. The minimum Gasteiger partial charge on any atom is -0.454 e. The number of aryl methyl sites for hydroxylation is 2. The van der Waals surface area contributed by atoms with Gasteiger partial charge in [-0.3, -0.25) is 14.5 Å². The van der Waals surface area contributed by atoms with Crippen LogP contribution in [0.25, 0.3) is 0 Å². The number of carbonyl (C=O) groups is 3. The van der Waals surface area contributed by atoms with E-state index < -0.39 is 11.6 Å². The molecule has 0 aromatic heterocycles. The highest BCUT2D eigenvalue weighted by Crippen LogP contribution is 2.34. The number of hydrogen-bond donors (Lipinski definition) is 1. The average Bonchev–Trinajstić information content (AvgIpc) is 3.21. The number of ether oxygens (including phenoxy) is 2. The van der Waals surface area contributed by atoms with Crippen LogP contribution in [0.4, 0.5) is 4.79 Å². The average molecular weight is 422 g/mol. The van der Waals surface area contributed by atoms with Gasteiger partial charge in [0, 0.05) is 12.0 Å². The SMILES string of the molecule is CC(=O)c1c(C)cc(C)c(CN2C(=O)N[C@@](C)(Cc3ccc4c(c3)OCO4)C2=O)c1C. The number of benzene rings is 2. The van der Waals surface area contributed by atoms with E-state index in [0.29, 0.717) is 23.5 Å². The van der Waals surface area contributed by atoms with Crippen LogP contribution < -0.4 is 14.8 Å². The van der Waals surface area contributed by atoms with E-state index in [1.54, 1.807) is 6.92 Å². The maximum absolute atomic E-state index is 13.3. The van der Waals surface area contributed by atoms with Crippen molar-refractivity contribution in [3.05, 3.63) is 57.6 Å². The summed E-state index contributed by atoms with van der Waals surface area (Å²) < 4.78 is 10.8. The summed E-state index contributed by atoms with van der Waals surface area (Å²) >= 11 is 0. The van der Waals surface area contributed by atoms with E-state index in [-0.39, 0.29) is 25.0 Å². The van der Waals surface area contributed by atoms with Gasteiger partial charge in [0.15, 0.2) is 17.3 Å². The van der Waals surface area contributed by atoms with E-state index >= 15 is 0 Å². The fourth-order valence-corrected chi connectivity index (χ4v) is 4.64. The number of hydrogen-bond acceptors (Lipinski definition) is 5. The molecule has 0 spiro atoms. The summed E-state index contributed by atoms with van der Waals surface area (Å²) in [5.41, 5.74) is 3.93. The first-order valence-corrected chi connectivity index (χ1v) is 10.2. The summed E-state index contributed by atoms with van der Waals surface area (Å²) in [6.45, 7) is 9.27. The van der Waals surface area contributed by atoms with Crippen molar-refractivity contribution in [1.82, 2.24) is 10.2 Å². The maximum Gasteiger partial charge on any atom is 0.325 e. The van der Waals surface area contributed by atoms with E-state index in [9.17, 15) is 14.4 Å². The van der Waals surface area contributed by atoms with Crippen molar-refractivity contribution in [2.24, 2.45) is 0 Å². The lowest BCUT2D eigenvalue weighted by Crippen LogP contribution is -2.45. The third-order valence-electron chi connectivity index (χ3n) is 6.14. The zero-order valence-electron chi connectivity index (χ0n) is 18.4. The standard InChI is InChI=1S/C24H26N2O5/c1-13-8-14(2)21(16(4)27)15(3)18(13)11-26-22(28)24(5,25-23(26)29)10-17-6-7-19-20(9-17)31-12-30-19/h6-9H,10-12H2,1-5H3,(H,25,29)/t24-/m0/s1. The van der Waals surface area contributed by atoms with Crippen LogP contribution in [0.5, 0.6) is 11.5 Å². The van der Waals surface area contributed by atoms with Gasteiger partial charge in [-0.05, 0) is 74.6 Å². The first-order chi connectivity index (χ1) is 14.6. The molecule has 1 fully saturated rings. The van der Waals surface area contributed by atoms with Gasteiger partial charge in [-0.15, -0.1) is 0 Å². The largest absolute Gasteiger partial charge is 0.454 e. The van der Waals surface area contributed by atoms with E-state index in [0.717, 1.165) is 27.8 Å². The van der Waals surface area contributed by atoms with Crippen LogP contribution in [0.2, 0.25) is 0 Å². The molecule has 31 heavy (non-hydrogen) atoms. The summed E-state index contributed by atoms with van der Waals surface area (Å²) in [5.74, 6) is 0.987. The highest BCUT2D eigenvalue weighted by atomic mass is 16.7. The monoisotopic (exact) mass is 422 g/mol. The van der Waals surface area contributed by atoms with Gasteiger partial charge in [0.1, 0.15) is 5.54 Å². The van der Waals surface area contributed by atoms with Crippen molar-refractivity contribution < 1.29 is 23.9 Å². The van der Waals surface area contributed by atoms with Gasteiger partial charge in [0.05, 0.1) is 6.54 Å². The third kappa shape index (κ3) is 3.54. The number of nitrogens with one attached hydrogen (secondary N) is 1. The molecule has 2 aromatic rings. The van der Waals surface area contributed by atoms with E-state index in [2.05, 4.69) is 5.32 Å². The number of imide groups is 1. The van der Waals surface area contributed by atoms with Gasteiger partial charge in [-0.2, -0.15) is 0 Å². The summed E-state index contributed by atoms with van der Waals surface area (Å²) in [6.07, 6.45) is 0.329. The van der Waals surface area contributed by atoms with Crippen molar-refractivity contribution in [1.29, 1.82) is 0 Å². The van der Waals surface area contributed by atoms with Gasteiger partial charge in [-0.25, -0.2) is 4.79 Å². The van der Waals surface area contributed by atoms with Crippen LogP contribution in [0.15, 0.2) is 24.3 Å². The number of amides is 3. The molecule has 2 aliphatic rings. The summed E-state index contributed by atoms with van der Waals surface area (Å²) in [7, 11) is 0.